The minimum atomic E-state index is -0.165. The normalized spacial score (nSPS) is 19.5. The summed E-state index contributed by atoms with van der Waals surface area (Å²) >= 11 is 5.91. The van der Waals surface area contributed by atoms with E-state index in [9.17, 15) is 4.79 Å². The number of fused-ring (bicyclic) bond motifs is 1. The summed E-state index contributed by atoms with van der Waals surface area (Å²) in [4.78, 5) is 23.3. The number of rotatable bonds is 2. The van der Waals surface area contributed by atoms with Gasteiger partial charge in [0, 0.05) is 23.7 Å². The maximum Gasteiger partial charge on any atom is 0.254 e. The Hall–Kier alpha value is -2.54. The lowest BCUT2D eigenvalue weighted by atomic mass is 10.1. The third-order valence-corrected chi connectivity index (χ3v) is 4.80. The highest BCUT2D eigenvalue weighted by Gasteiger charge is 2.33. The van der Waals surface area contributed by atoms with E-state index in [-0.39, 0.29) is 11.9 Å². The molecule has 3 heterocycles. The molecule has 8 heteroatoms. The molecule has 128 valence electrons. The molecule has 1 atom stereocenters. The molecule has 2 aliphatic heterocycles. The summed E-state index contributed by atoms with van der Waals surface area (Å²) in [6.07, 6.45) is 0. The van der Waals surface area contributed by atoms with Crippen LogP contribution in [-0.2, 0) is 6.54 Å². The van der Waals surface area contributed by atoms with Crippen LogP contribution in [0.25, 0.3) is 0 Å². The molecule has 0 saturated carbocycles. The predicted molar refractivity (Wildman–Crippen MR) is 95.4 cm³/mol. The van der Waals surface area contributed by atoms with Gasteiger partial charge in [0.25, 0.3) is 5.91 Å². The molecule has 0 saturated heterocycles. The molecule has 0 fully saturated rings. The van der Waals surface area contributed by atoms with E-state index in [1.54, 1.807) is 24.3 Å². The van der Waals surface area contributed by atoms with Crippen LogP contribution >= 0.6 is 11.6 Å². The van der Waals surface area contributed by atoms with E-state index < -0.39 is 0 Å². The SMILES string of the molecule is CC1=NCC(c2nnc3n2CCN(C(=O)c2ccc(Cl)cc2)[C@@H]3C)=N1. The first-order chi connectivity index (χ1) is 12.0. The van der Waals surface area contributed by atoms with Crippen molar-refractivity contribution in [3.05, 3.63) is 46.5 Å². The summed E-state index contributed by atoms with van der Waals surface area (Å²) in [6, 6.07) is 6.78. The number of hydrogen-bond donors (Lipinski definition) is 0. The number of hydrogen-bond acceptors (Lipinski definition) is 5. The molecule has 2 aliphatic rings. The summed E-state index contributed by atoms with van der Waals surface area (Å²) in [5.74, 6) is 2.25. The molecule has 0 aliphatic carbocycles. The van der Waals surface area contributed by atoms with Gasteiger partial charge in [0.2, 0.25) is 0 Å². The Labute approximate surface area is 150 Å². The lowest BCUT2D eigenvalue weighted by Gasteiger charge is -2.33. The largest absolute Gasteiger partial charge is 0.327 e. The summed E-state index contributed by atoms with van der Waals surface area (Å²) in [7, 11) is 0. The number of benzene rings is 1. The van der Waals surface area contributed by atoms with Crippen LogP contribution in [0.2, 0.25) is 5.02 Å². The van der Waals surface area contributed by atoms with Crippen LogP contribution in [-0.4, -0.2) is 50.2 Å². The maximum atomic E-state index is 12.8. The minimum absolute atomic E-state index is 0.0302. The van der Waals surface area contributed by atoms with Crippen LogP contribution in [0.1, 0.15) is 41.9 Å². The molecule has 4 rings (SSSR count). The van der Waals surface area contributed by atoms with Gasteiger partial charge in [-0.1, -0.05) is 11.6 Å². The minimum Gasteiger partial charge on any atom is -0.327 e. The smallest absolute Gasteiger partial charge is 0.254 e. The van der Waals surface area contributed by atoms with Crippen molar-refractivity contribution in [2.24, 2.45) is 9.98 Å². The third kappa shape index (κ3) is 2.74. The molecule has 0 unspecified atom stereocenters. The highest BCUT2D eigenvalue weighted by Crippen LogP contribution is 2.27. The van der Waals surface area contributed by atoms with Gasteiger partial charge in [-0.3, -0.25) is 9.79 Å². The average Bonchev–Trinajstić information content (AvgIpc) is 3.21. The number of carbonyl (C=O) groups is 1. The number of carbonyl (C=O) groups excluding carboxylic acids is 1. The van der Waals surface area contributed by atoms with Gasteiger partial charge in [0.05, 0.1) is 12.6 Å². The second kappa shape index (κ2) is 6.07. The summed E-state index contributed by atoms with van der Waals surface area (Å²) in [5.41, 5.74) is 1.45. The van der Waals surface area contributed by atoms with Crippen molar-refractivity contribution in [3.63, 3.8) is 0 Å². The Bertz CT molecular complexity index is 898. The molecule has 0 spiro atoms. The van der Waals surface area contributed by atoms with Gasteiger partial charge in [-0.15, -0.1) is 10.2 Å². The van der Waals surface area contributed by atoms with E-state index in [4.69, 9.17) is 11.6 Å². The monoisotopic (exact) mass is 356 g/mol. The second-order valence-corrected chi connectivity index (χ2v) is 6.57. The quantitative estimate of drug-likeness (QED) is 0.829. The molecule has 0 N–H and O–H groups in total. The van der Waals surface area contributed by atoms with Gasteiger partial charge in [-0.05, 0) is 38.1 Å². The second-order valence-electron chi connectivity index (χ2n) is 6.14. The molecule has 0 bridgehead atoms. The number of aliphatic imine (C=N–C) groups is 2. The predicted octanol–water partition coefficient (Wildman–Crippen LogP) is 2.37. The number of aromatic nitrogens is 3. The number of amides is 1. The molecule has 2 aromatic rings. The summed E-state index contributed by atoms with van der Waals surface area (Å²) in [6.45, 7) is 5.60. The number of amidine groups is 1. The van der Waals surface area contributed by atoms with Gasteiger partial charge in [0.1, 0.15) is 11.5 Å². The van der Waals surface area contributed by atoms with Gasteiger partial charge in [0.15, 0.2) is 11.6 Å². The van der Waals surface area contributed by atoms with Crippen LogP contribution < -0.4 is 0 Å². The van der Waals surface area contributed by atoms with Crippen molar-refractivity contribution >= 4 is 29.1 Å². The Morgan fingerprint density at radius 2 is 1.96 bits per heavy atom. The van der Waals surface area contributed by atoms with Crippen molar-refractivity contribution < 1.29 is 4.79 Å². The van der Waals surface area contributed by atoms with E-state index in [0.29, 0.717) is 30.2 Å². The van der Waals surface area contributed by atoms with Crippen LogP contribution in [0.4, 0.5) is 0 Å². The van der Waals surface area contributed by atoms with Crippen molar-refractivity contribution in [1.82, 2.24) is 19.7 Å². The average molecular weight is 357 g/mol. The molecule has 1 amide bonds. The Morgan fingerprint density at radius 1 is 1.20 bits per heavy atom. The van der Waals surface area contributed by atoms with E-state index in [1.807, 2.05) is 23.3 Å². The lowest BCUT2D eigenvalue weighted by Crippen LogP contribution is -2.41. The van der Waals surface area contributed by atoms with Crippen molar-refractivity contribution in [2.75, 3.05) is 13.1 Å². The van der Waals surface area contributed by atoms with Crippen LogP contribution in [0, 0.1) is 0 Å². The topological polar surface area (TPSA) is 75.7 Å². The molecule has 1 aromatic carbocycles. The number of halogens is 1. The first kappa shape index (κ1) is 16.0. The number of nitrogens with zero attached hydrogens (tertiary/aromatic N) is 6. The molecular weight excluding hydrogens is 340 g/mol. The Morgan fingerprint density at radius 3 is 2.64 bits per heavy atom. The molecular formula is C17H17ClN6O. The van der Waals surface area contributed by atoms with E-state index in [2.05, 4.69) is 20.2 Å². The standard InChI is InChI=1S/C17H17ClN6O/c1-10-15-21-22-16(14-9-19-11(2)20-14)24(15)8-7-23(10)17(25)12-3-5-13(18)6-4-12/h3-6,10H,7-9H2,1-2H3/t10-/m1/s1. The van der Waals surface area contributed by atoms with E-state index in [0.717, 1.165) is 23.2 Å². The lowest BCUT2D eigenvalue weighted by molar-refractivity contribution is 0.0637. The van der Waals surface area contributed by atoms with Gasteiger partial charge in [-0.2, -0.15) is 0 Å². The van der Waals surface area contributed by atoms with Crippen LogP contribution in [0.15, 0.2) is 34.3 Å². The highest BCUT2D eigenvalue weighted by atomic mass is 35.5. The fourth-order valence-electron chi connectivity index (χ4n) is 3.21. The summed E-state index contributed by atoms with van der Waals surface area (Å²) in [5, 5.41) is 9.22. The zero-order valence-corrected chi connectivity index (χ0v) is 14.7. The third-order valence-electron chi connectivity index (χ3n) is 4.55. The summed E-state index contributed by atoms with van der Waals surface area (Å²) < 4.78 is 2.04. The fourth-order valence-corrected chi connectivity index (χ4v) is 3.34. The molecule has 0 radical (unpaired) electrons. The van der Waals surface area contributed by atoms with Gasteiger partial charge in [-0.25, -0.2) is 4.99 Å². The Kier molecular flexibility index (Phi) is 3.88. The first-order valence-corrected chi connectivity index (χ1v) is 8.51. The van der Waals surface area contributed by atoms with Gasteiger partial charge < -0.3 is 9.47 Å². The van der Waals surface area contributed by atoms with Crippen molar-refractivity contribution in [2.45, 2.75) is 26.4 Å². The molecule has 7 nitrogen and oxygen atoms in total. The molecule has 1 aromatic heterocycles. The highest BCUT2D eigenvalue weighted by molar-refractivity contribution is 6.30. The fraction of sp³-hybridized carbons (Fsp3) is 0.353. The van der Waals surface area contributed by atoms with Gasteiger partial charge >= 0.3 is 0 Å². The first-order valence-electron chi connectivity index (χ1n) is 8.13. The zero-order valence-electron chi connectivity index (χ0n) is 14.0. The zero-order chi connectivity index (χ0) is 17.6. The van der Waals surface area contributed by atoms with E-state index >= 15 is 0 Å². The molecule has 25 heavy (non-hydrogen) atoms. The van der Waals surface area contributed by atoms with Crippen molar-refractivity contribution in [1.29, 1.82) is 0 Å². The maximum absolute atomic E-state index is 12.8. The van der Waals surface area contributed by atoms with Crippen LogP contribution in [0.5, 0.6) is 0 Å². The van der Waals surface area contributed by atoms with Crippen molar-refractivity contribution in [3.8, 4) is 0 Å². The van der Waals surface area contributed by atoms with E-state index in [1.165, 1.54) is 0 Å². The Balaban J connectivity index is 1.61. The van der Waals surface area contributed by atoms with Crippen LogP contribution in [0.3, 0.4) is 0 Å².